The van der Waals surface area contributed by atoms with E-state index in [-0.39, 0.29) is 5.91 Å². The van der Waals surface area contributed by atoms with Gasteiger partial charge in [0, 0.05) is 22.8 Å². The maximum Gasteiger partial charge on any atom is 0.251 e. The van der Waals surface area contributed by atoms with Gasteiger partial charge in [-0.2, -0.15) is 5.10 Å². The molecule has 1 aromatic heterocycles. The molecule has 4 nitrogen and oxygen atoms in total. The summed E-state index contributed by atoms with van der Waals surface area (Å²) in [5, 5.41) is 7.54. The Morgan fingerprint density at radius 2 is 1.96 bits per heavy atom. The maximum atomic E-state index is 12.1. The van der Waals surface area contributed by atoms with Crippen LogP contribution >= 0.6 is 15.9 Å². The summed E-state index contributed by atoms with van der Waals surface area (Å²) in [5.41, 5.74) is 3.96. The molecule has 25 heavy (non-hydrogen) atoms. The Balaban J connectivity index is 1.53. The highest BCUT2D eigenvalue weighted by Gasteiger charge is 2.08. The van der Waals surface area contributed by atoms with Gasteiger partial charge in [-0.05, 0) is 55.7 Å². The van der Waals surface area contributed by atoms with Crippen LogP contribution in [0.3, 0.4) is 0 Å². The molecule has 5 heteroatoms. The molecular formula is C20H20BrN3O. The van der Waals surface area contributed by atoms with Crippen molar-refractivity contribution in [1.82, 2.24) is 15.1 Å². The molecule has 0 radical (unpaired) electrons. The Morgan fingerprint density at radius 3 is 2.72 bits per heavy atom. The second kappa shape index (κ2) is 8.12. The molecule has 0 saturated heterocycles. The quantitative estimate of drug-likeness (QED) is 0.630. The molecule has 0 aliphatic rings. The number of benzene rings is 2. The number of rotatable bonds is 6. The van der Waals surface area contributed by atoms with E-state index in [1.807, 2.05) is 66.2 Å². The number of halogens is 1. The van der Waals surface area contributed by atoms with E-state index in [1.54, 1.807) is 0 Å². The van der Waals surface area contributed by atoms with E-state index in [9.17, 15) is 4.79 Å². The van der Waals surface area contributed by atoms with Crippen LogP contribution in [0.25, 0.3) is 5.69 Å². The summed E-state index contributed by atoms with van der Waals surface area (Å²) in [7, 11) is 0. The van der Waals surface area contributed by atoms with Gasteiger partial charge >= 0.3 is 0 Å². The molecule has 0 bridgehead atoms. The maximum absolute atomic E-state index is 12.1. The third-order valence-corrected chi connectivity index (χ3v) is 4.51. The minimum Gasteiger partial charge on any atom is -0.352 e. The number of amides is 1. The molecule has 0 atom stereocenters. The van der Waals surface area contributed by atoms with Crippen molar-refractivity contribution in [3.63, 3.8) is 0 Å². The summed E-state index contributed by atoms with van der Waals surface area (Å²) >= 11 is 3.38. The average molecular weight is 398 g/mol. The molecule has 0 aliphatic carbocycles. The fraction of sp³-hybridized carbons (Fsp3) is 0.200. The van der Waals surface area contributed by atoms with E-state index >= 15 is 0 Å². The summed E-state index contributed by atoms with van der Waals surface area (Å²) in [6, 6.07) is 17.5. The second-order valence-electron chi connectivity index (χ2n) is 5.89. The molecule has 1 N–H and O–H groups in total. The molecule has 1 amide bonds. The van der Waals surface area contributed by atoms with Gasteiger partial charge in [0.25, 0.3) is 5.91 Å². The lowest BCUT2D eigenvalue weighted by Gasteiger charge is -2.05. The first kappa shape index (κ1) is 17.4. The first-order valence-electron chi connectivity index (χ1n) is 8.28. The van der Waals surface area contributed by atoms with Gasteiger partial charge in [0.1, 0.15) is 0 Å². The molecular weight excluding hydrogens is 378 g/mol. The summed E-state index contributed by atoms with van der Waals surface area (Å²) < 4.78 is 2.81. The first-order valence-corrected chi connectivity index (χ1v) is 9.07. The Kier molecular flexibility index (Phi) is 5.66. The highest BCUT2D eigenvalue weighted by molar-refractivity contribution is 9.10. The van der Waals surface area contributed by atoms with Gasteiger partial charge in [-0.1, -0.05) is 40.2 Å². The van der Waals surface area contributed by atoms with Crippen LogP contribution in [0.15, 0.2) is 65.3 Å². The number of aryl methyl sites for hydroxylation is 2. The van der Waals surface area contributed by atoms with Crippen LogP contribution in [0.2, 0.25) is 0 Å². The lowest BCUT2D eigenvalue weighted by molar-refractivity contribution is 0.0953. The van der Waals surface area contributed by atoms with Gasteiger partial charge in [0.2, 0.25) is 0 Å². The Morgan fingerprint density at radius 1 is 1.16 bits per heavy atom. The Bertz CT molecular complexity index is 858. The minimum absolute atomic E-state index is 0.0435. The molecule has 3 rings (SSSR count). The smallest absolute Gasteiger partial charge is 0.251 e. The zero-order chi connectivity index (χ0) is 17.6. The van der Waals surface area contributed by atoms with Crippen LogP contribution in [0.5, 0.6) is 0 Å². The van der Waals surface area contributed by atoms with Crippen molar-refractivity contribution in [1.29, 1.82) is 0 Å². The minimum atomic E-state index is -0.0435. The zero-order valence-corrected chi connectivity index (χ0v) is 15.7. The molecule has 0 spiro atoms. The molecule has 128 valence electrons. The van der Waals surface area contributed by atoms with E-state index < -0.39 is 0 Å². The molecule has 0 saturated carbocycles. The monoisotopic (exact) mass is 397 g/mol. The highest BCUT2D eigenvalue weighted by Crippen LogP contribution is 2.14. The number of para-hydroxylation sites is 1. The Labute approximate surface area is 156 Å². The molecule has 0 aliphatic heterocycles. The van der Waals surface area contributed by atoms with Crippen molar-refractivity contribution in [3.8, 4) is 5.69 Å². The summed E-state index contributed by atoms with van der Waals surface area (Å²) in [5.74, 6) is -0.0435. The van der Waals surface area contributed by atoms with E-state index in [4.69, 9.17) is 0 Å². The number of carbonyl (C=O) groups is 1. The average Bonchev–Trinajstić information content (AvgIpc) is 3.00. The van der Waals surface area contributed by atoms with Crippen molar-refractivity contribution < 1.29 is 4.79 Å². The lowest BCUT2D eigenvalue weighted by Crippen LogP contribution is -2.24. The molecule has 1 heterocycles. The Hall–Kier alpha value is -2.40. The van der Waals surface area contributed by atoms with E-state index in [0.717, 1.165) is 28.7 Å². The number of hydrogen-bond acceptors (Lipinski definition) is 2. The third-order valence-electron chi connectivity index (χ3n) is 4.02. The van der Waals surface area contributed by atoms with Crippen LogP contribution in [-0.2, 0) is 6.42 Å². The highest BCUT2D eigenvalue weighted by atomic mass is 79.9. The molecule has 2 aromatic carbocycles. The van der Waals surface area contributed by atoms with Crippen LogP contribution in [0.4, 0.5) is 0 Å². The lowest BCUT2D eigenvalue weighted by atomic mass is 10.1. The van der Waals surface area contributed by atoms with Gasteiger partial charge in [-0.3, -0.25) is 4.79 Å². The number of hydrogen-bond donors (Lipinski definition) is 1. The van der Waals surface area contributed by atoms with Gasteiger partial charge in [-0.15, -0.1) is 0 Å². The van der Waals surface area contributed by atoms with Gasteiger partial charge < -0.3 is 5.32 Å². The van der Waals surface area contributed by atoms with Crippen molar-refractivity contribution >= 4 is 21.8 Å². The van der Waals surface area contributed by atoms with Crippen molar-refractivity contribution in [2.24, 2.45) is 0 Å². The SMILES string of the molecule is Cc1nn(-c2ccccc2)cc1CCCNC(=O)c1cccc(Br)c1. The number of nitrogens with one attached hydrogen (secondary N) is 1. The van der Waals surface area contributed by atoms with Crippen molar-refractivity contribution in [3.05, 3.63) is 82.1 Å². The normalized spacial score (nSPS) is 10.6. The zero-order valence-electron chi connectivity index (χ0n) is 14.1. The van der Waals surface area contributed by atoms with Crippen LogP contribution in [0, 0.1) is 6.92 Å². The predicted octanol–water partition coefficient (Wildman–Crippen LogP) is 4.31. The second-order valence-corrected chi connectivity index (χ2v) is 6.81. The summed E-state index contributed by atoms with van der Waals surface area (Å²) in [6.07, 6.45) is 3.83. The van der Waals surface area contributed by atoms with E-state index in [1.165, 1.54) is 5.56 Å². The third kappa shape index (κ3) is 4.57. The van der Waals surface area contributed by atoms with Crippen molar-refractivity contribution in [2.75, 3.05) is 6.54 Å². The fourth-order valence-corrected chi connectivity index (χ4v) is 3.07. The van der Waals surface area contributed by atoms with Gasteiger partial charge in [-0.25, -0.2) is 4.68 Å². The molecule has 0 fully saturated rings. The number of aromatic nitrogens is 2. The largest absolute Gasteiger partial charge is 0.352 e. The summed E-state index contributed by atoms with van der Waals surface area (Å²) in [6.45, 7) is 2.66. The predicted molar refractivity (Wildman–Crippen MR) is 103 cm³/mol. The molecule has 0 unspecified atom stereocenters. The summed E-state index contributed by atoms with van der Waals surface area (Å²) in [4.78, 5) is 12.1. The van der Waals surface area contributed by atoms with E-state index in [0.29, 0.717) is 12.1 Å². The van der Waals surface area contributed by atoms with Gasteiger partial charge in [0.05, 0.1) is 11.4 Å². The van der Waals surface area contributed by atoms with Crippen LogP contribution < -0.4 is 5.32 Å². The van der Waals surface area contributed by atoms with E-state index in [2.05, 4.69) is 32.5 Å². The first-order chi connectivity index (χ1) is 12.1. The fourth-order valence-electron chi connectivity index (χ4n) is 2.67. The topological polar surface area (TPSA) is 46.9 Å². The van der Waals surface area contributed by atoms with Crippen LogP contribution in [0.1, 0.15) is 28.0 Å². The standard InChI is InChI=1S/C20H20BrN3O/c1-15-17(14-24(23-15)19-10-3-2-4-11-19)8-6-12-22-20(25)16-7-5-9-18(21)13-16/h2-5,7,9-11,13-14H,6,8,12H2,1H3,(H,22,25). The number of carbonyl (C=O) groups excluding carboxylic acids is 1. The molecule has 3 aromatic rings. The van der Waals surface area contributed by atoms with Crippen molar-refractivity contribution in [2.45, 2.75) is 19.8 Å². The van der Waals surface area contributed by atoms with Crippen LogP contribution in [-0.4, -0.2) is 22.2 Å². The number of nitrogens with zero attached hydrogens (tertiary/aromatic N) is 2. The van der Waals surface area contributed by atoms with Gasteiger partial charge in [0.15, 0.2) is 0 Å².